The van der Waals surface area contributed by atoms with Crippen LogP contribution in [0.1, 0.15) is 58.8 Å². The molecule has 0 aromatic carbocycles. The monoisotopic (exact) mass is 170 g/mol. The highest BCUT2D eigenvalue weighted by Gasteiger charge is 1.88. The van der Waals surface area contributed by atoms with E-state index in [0.29, 0.717) is 5.76 Å². The summed E-state index contributed by atoms with van der Waals surface area (Å²) in [5, 5.41) is 8.85. The molecule has 1 nitrogen and oxygen atoms in total. The maximum atomic E-state index is 8.85. The lowest BCUT2D eigenvalue weighted by atomic mass is 10.1. The van der Waals surface area contributed by atoms with Gasteiger partial charge in [0.15, 0.2) is 0 Å². The normalized spacial score (nSPS) is 12.0. The first kappa shape index (κ1) is 11.5. The van der Waals surface area contributed by atoms with Crippen molar-refractivity contribution in [1.82, 2.24) is 0 Å². The fourth-order valence-electron chi connectivity index (χ4n) is 1.24. The van der Waals surface area contributed by atoms with Gasteiger partial charge in [0.05, 0.1) is 5.76 Å². The molecule has 0 aromatic heterocycles. The number of aliphatic hydroxyl groups is 1. The maximum absolute atomic E-state index is 8.85. The van der Waals surface area contributed by atoms with E-state index in [2.05, 4.69) is 6.92 Å². The molecule has 12 heavy (non-hydrogen) atoms. The minimum Gasteiger partial charge on any atom is -0.513 e. The Morgan fingerprint density at radius 2 is 1.67 bits per heavy atom. The second kappa shape index (κ2) is 8.63. The zero-order valence-corrected chi connectivity index (χ0v) is 8.47. The van der Waals surface area contributed by atoms with Crippen LogP contribution in [-0.2, 0) is 0 Å². The van der Waals surface area contributed by atoms with Gasteiger partial charge in [0, 0.05) is 0 Å². The molecule has 1 N–H and O–H groups in total. The molecule has 0 amide bonds. The van der Waals surface area contributed by atoms with Crippen LogP contribution in [0.4, 0.5) is 0 Å². The molecule has 0 saturated heterocycles. The van der Waals surface area contributed by atoms with Crippen LogP contribution in [0.2, 0.25) is 0 Å². The number of hydrogen-bond donors (Lipinski definition) is 1. The zero-order chi connectivity index (χ0) is 9.23. The molecule has 0 radical (unpaired) electrons. The van der Waals surface area contributed by atoms with E-state index in [1.54, 1.807) is 6.92 Å². The molecule has 0 bridgehead atoms. The van der Waals surface area contributed by atoms with E-state index in [4.69, 9.17) is 5.11 Å². The molecule has 0 saturated carbocycles. The van der Waals surface area contributed by atoms with Crippen molar-refractivity contribution in [1.29, 1.82) is 0 Å². The van der Waals surface area contributed by atoms with Crippen LogP contribution < -0.4 is 0 Å². The van der Waals surface area contributed by atoms with Crippen molar-refractivity contribution in [2.45, 2.75) is 58.8 Å². The maximum Gasteiger partial charge on any atom is 0.0851 e. The van der Waals surface area contributed by atoms with Gasteiger partial charge in [-0.3, -0.25) is 0 Å². The molecule has 0 unspecified atom stereocenters. The van der Waals surface area contributed by atoms with Crippen molar-refractivity contribution in [3.05, 3.63) is 11.8 Å². The molecular formula is C11H22O. The van der Waals surface area contributed by atoms with Crippen molar-refractivity contribution in [3.8, 4) is 0 Å². The van der Waals surface area contributed by atoms with E-state index in [0.717, 1.165) is 6.42 Å². The van der Waals surface area contributed by atoms with Crippen LogP contribution in [0.3, 0.4) is 0 Å². The van der Waals surface area contributed by atoms with E-state index < -0.39 is 0 Å². The highest BCUT2D eigenvalue weighted by molar-refractivity contribution is 4.84. The third-order valence-electron chi connectivity index (χ3n) is 2.00. The molecule has 0 heterocycles. The van der Waals surface area contributed by atoms with Gasteiger partial charge in [-0.05, 0) is 25.8 Å². The van der Waals surface area contributed by atoms with Crippen molar-refractivity contribution < 1.29 is 5.11 Å². The number of rotatable bonds is 7. The fraction of sp³-hybridized carbons (Fsp3) is 0.818. The molecule has 0 aliphatic rings. The Balaban J connectivity index is 2.96. The Bertz CT molecular complexity index is 112. The van der Waals surface area contributed by atoms with Gasteiger partial charge in [0.1, 0.15) is 0 Å². The van der Waals surface area contributed by atoms with Gasteiger partial charge in [-0.15, -0.1) is 0 Å². The first-order valence-electron chi connectivity index (χ1n) is 5.13. The SMILES string of the molecule is CCCCCCCC/C=C(\C)O. The topological polar surface area (TPSA) is 20.2 Å². The first-order valence-corrected chi connectivity index (χ1v) is 5.13. The number of unbranched alkanes of at least 4 members (excludes halogenated alkanes) is 6. The summed E-state index contributed by atoms with van der Waals surface area (Å²) in [7, 11) is 0. The van der Waals surface area contributed by atoms with E-state index in [1.807, 2.05) is 6.08 Å². The largest absolute Gasteiger partial charge is 0.513 e. The summed E-state index contributed by atoms with van der Waals surface area (Å²) in [5.41, 5.74) is 0. The smallest absolute Gasteiger partial charge is 0.0851 e. The minimum absolute atomic E-state index is 0.462. The predicted molar refractivity (Wildman–Crippen MR) is 54.4 cm³/mol. The number of allylic oxidation sites excluding steroid dienone is 2. The number of aliphatic hydroxyl groups excluding tert-OH is 1. The minimum atomic E-state index is 0.462. The quantitative estimate of drug-likeness (QED) is 0.448. The average Bonchev–Trinajstić information content (AvgIpc) is 2.02. The van der Waals surface area contributed by atoms with Crippen molar-refractivity contribution in [2.24, 2.45) is 0 Å². The molecule has 0 spiro atoms. The fourth-order valence-corrected chi connectivity index (χ4v) is 1.24. The van der Waals surface area contributed by atoms with Gasteiger partial charge in [0.25, 0.3) is 0 Å². The summed E-state index contributed by atoms with van der Waals surface area (Å²) in [5.74, 6) is 0.462. The lowest BCUT2D eigenvalue weighted by molar-refractivity contribution is 0.410. The summed E-state index contributed by atoms with van der Waals surface area (Å²) < 4.78 is 0. The second-order valence-electron chi connectivity index (χ2n) is 3.40. The van der Waals surface area contributed by atoms with Gasteiger partial charge in [-0.1, -0.05) is 39.0 Å². The molecule has 0 atom stereocenters. The van der Waals surface area contributed by atoms with Crippen molar-refractivity contribution in [3.63, 3.8) is 0 Å². The summed E-state index contributed by atoms with van der Waals surface area (Å²) in [6.07, 6.45) is 10.9. The molecule has 0 aliphatic carbocycles. The lowest BCUT2D eigenvalue weighted by Crippen LogP contribution is -1.78. The Morgan fingerprint density at radius 3 is 2.25 bits per heavy atom. The van der Waals surface area contributed by atoms with Crippen LogP contribution in [0, 0.1) is 0 Å². The summed E-state index contributed by atoms with van der Waals surface area (Å²) in [6.45, 7) is 3.97. The average molecular weight is 170 g/mol. The van der Waals surface area contributed by atoms with Gasteiger partial charge >= 0.3 is 0 Å². The lowest BCUT2D eigenvalue weighted by Gasteiger charge is -1.97. The molecule has 0 rings (SSSR count). The van der Waals surface area contributed by atoms with Crippen LogP contribution in [0.25, 0.3) is 0 Å². The van der Waals surface area contributed by atoms with E-state index in [9.17, 15) is 0 Å². The highest BCUT2D eigenvalue weighted by atomic mass is 16.3. The van der Waals surface area contributed by atoms with E-state index >= 15 is 0 Å². The Labute approximate surface area is 76.5 Å². The van der Waals surface area contributed by atoms with Gasteiger partial charge in [-0.25, -0.2) is 0 Å². The van der Waals surface area contributed by atoms with E-state index in [-0.39, 0.29) is 0 Å². The van der Waals surface area contributed by atoms with Gasteiger partial charge in [-0.2, -0.15) is 0 Å². The Hall–Kier alpha value is -0.460. The molecule has 0 fully saturated rings. The van der Waals surface area contributed by atoms with Gasteiger partial charge < -0.3 is 5.11 Å². The van der Waals surface area contributed by atoms with Crippen LogP contribution in [0.5, 0.6) is 0 Å². The first-order chi connectivity index (χ1) is 5.77. The molecule has 0 aliphatic heterocycles. The molecule has 1 heteroatoms. The van der Waals surface area contributed by atoms with E-state index in [1.165, 1.54) is 38.5 Å². The van der Waals surface area contributed by atoms with Crippen LogP contribution >= 0.6 is 0 Å². The highest BCUT2D eigenvalue weighted by Crippen LogP contribution is 2.07. The summed E-state index contributed by atoms with van der Waals surface area (Å²) in [4.78, 5) is 0. The zero-order valence-electron chi connectivity index (χ0n) is 8.47. The third kappa shape index (κ3) is 9.54. The predicted octanol–water partition coefficient (Wildman–Crippen LogP) is 4.20. The summed E-state index contributed by atoms with van der Waals surface area (Å²) >= 11 is 0. The van der Waals surface area contributed by atoms with Crippen molar-refractivity contribution >= 4 is 0 Å². The standard InChI is InChI=1S/C11H22O/c1-3-4-5-6-7-8-9-10-11(2)12/h10,12H,3-9H2,1-2H3/b11-10+. The van der Waals surface area contributed by atoms with Crippen molar-refractivity contribution in [2.75, 3.05) is 0 Å². The van der Waals surface area contributed by atoms with Gasteiger partial charge in [0.2, 0.25) is 0 Å². The van der Waals surface area contributed by atoms with Crippen LogP contribution in [-0.4, -0.2) is 5.11 Å². The third-order valence-corrected chi connectivity index (χ3v) is 2.00. The molecular weight excluding hydrogens is 148 g/mol. The Morgan fingerprint density at radius 1 is 1.08 bits per heavy atom. The second-order valence-corrected chi connectivity index (χ2v) is 3.40. The Kier molecular flexibility index (Phi) is 8.30. The molecule has 0 aromatic rings. The number of hydrogen-bond acceptors (Lipinski definition) is 1. The summed E-state index contributed by atoms with van der Waals surface area (Å²) in [6, 6.07) is 0. The van der Waals surface area contributed by atoms with Crippen LogP contribution in [0.15, 0.2) is 11.8 Å². The molecule has 72 valence electrons.